The van der Waals surface area contributed by atoms with Crippen LogP contribution in [0.3, 0.4) is 0 Å². The zero-order chi connectivity index (χ0) is 15.6. The van der Waals surface area contributed by atoms with E-state index in [9.17, 15) is 4.79 Å². The third-order valence-corrected chi connectivity index (χ3v) is 4.88. The molecule has 0 fully saturated rings. The molecule has 5 nitrogen and oxygen atoms in total. The molecule has 1 aliphatic rings. The van der Waals surface area contributed by atoms with E-state index in [4.69, 9.17) is 4.74 Å². The first kappa shape index (κ1) is 14.0. The van der Waals surface area contributed by atoms with Crippen molar-refractivity contribution in [3.05, 3.63) is 64.6 Å². The summed E-state index contributed by atoms with van der Waals surface area (Å²) in [4.78, 5) is 19.5. The van der Waals surface area contributed by atoms with Crippen molar-refractivity contribution in [1.82, 2.24) is 4.98 Å². The van der Waals surface area contributed by atoms with Gasteiger partial charge in [0.2, 0.25) is 0 Å². The lowest BCUT2D eigenvalue weighted by Crippen LogP contribution is -2.25. The Labute approximate surface area is 140 Å². The molecule has 1 N–H and O–H groups in total. The molecule has 0 saturated heterocycles. The van der Waals surface area contributed by atoms with Crippen molar-refractivity contribution < 1.29 is 9.53 Å². The second-order valence-electron chi connectivity index (χ2n) is 4.68. The number of hydrogen-bond acceptors (Lipinski definition) is 6. The minimum Gasteiger partial charge on any atom is -0.461 e. The summed E-state index contributed by atoms with van der Waals surface area (Å²) in [6.45, 7) is 0. The van der Waals surface area contributed by atoms with Gasteiger partial charge in [-0.3, -0.25) is 9.69 Å². The van der Waals surface area contributed by atoms with Gasteiger partial charge < -0.3 is 10.1 Å². The molecule has 2 aromatic heterocycles. The second-order valence-corrected chi connectivity index (χ2v) is 6.50. The number of thiophene rings is 1. The van der Waals surface area contributed by atoms with Crippen molar-refractivity contribution in [3.8, 4) is 5.75 Å². The normalized spacial score (nSPS) is 12.2. The molecular formula is C16H11N3O2S2. The average molecular weight is 341 g/mol. The van der Waals surface area contributed by atoms with E-state index in [1.807, 2.05) is 41.1 Å². The molecule has 0 radical (unpaired) electrons. The number of ether oxygens (including phenoxy) is 1. The van der Waals surface area contributed by atoms with Crippen LogP contribution >= 0.6 is 22.7 Å². The van der Waals surface area contributed by atoms with Crippen molar-refractivity contribution in [3.63, 3.8) is 0 Å². The molecule has 23 heavy (non-hydrogen) atoms. The monoisotopic (exact) mass is 341 g/mol. The van der Waals surface area contributed by atoms with Gasteiger partial charge in [0.15, 0.2) is 5.13 Å². The molecule has 0 aliphatic carbocycles. The van der Waals surface area contributed by atoms with E-state index in [-0.39, 0.29) is 5.91 Å². The molecule has 4 rings (SSSR count). The van der Waals surface area contributed by atoms with Gasteiger partial charge in [-0.25, -0.2) is 4.98 Å². The second kappa shape index (κ2) is 5.86. The molecule has 0 saturated carbocycles. The Bertz CT molecular complexity index is 858. The molecule has 0 atom stereocenters. The van der Waals surface area contributed by atoms with Gasteiger partial charge in [0.25, 0.3) is 5.91 Å². The maximum Gasteiger partial charge on any atom is 0.274 e. The summed E-state index contributed by atoms with van der Waals surface area (Å²) >= 11 is 2.84. The van der Waals surface area contributed by atoms with Crippen molar-refractivity contribution in [1.29, 1.82) is 0 Å². The summed E-state index contributed by atoms with van der Waals surface area (Å²) in [5, 5.41) is 7.50. The van der Waals surface area contributed by atoms with Crippen LogP contribution in [0, 0.1) is 0 Å². The van der Waals surface area contributed by atoms with E-state index >= 15 is 0 Å². The van der Waals surface area contributed by atoms with Crippen LogP contribution in [0.4, 0.5) is 16.5 Å². The molecule has 3 heterocycles. The first-order valence-electron chi connectivity index (χ1n) is 6.82. The lowest BCUT2D eigenvalue weighted by atomic mass is 10.2. The van der Waals surface area contributed by atoms with Gasteiger partial charge in [-0.2, -0.15) is 0 Å². The lowest BCUT2D eigenvalue weighted by Gasteiger charge is -2.22. The predicted molar refractivity (Wildman–Crippen MR) is 92.7 cm³/mol. The molecule has 7 heteroatoms. The van der Waals surface area contributed by atoms with E-state index < -0.39 is 0 Å². The van der Waals surface area contributed by atoms with Crippen molar-refractivity contribution in [2.24, 2.45) is 0 Å². The number of anilines is 3. The molecule has 1 amide bonds. The number of fused-ring (bicyclic) bond motifs is 1. The number of nitrogens with zero attached hydrogens (tertiary/aromatic N) is 2. The van der Waals surface area contributed by atoms with Gasteiger partial charge in [0.05, 0.1) is 16.3 Å². The smallest absolute Gasteiger partial charge is 0.274 e. The van der Waals surface area contributed by atoms with E-state index in [1.54, 1.807) is 23.6 Å². The number of benzene rings is 1. The zero-order valence-corrected chi connectivity index (χ0v) is 13.4. The number of hydrogen-bond donors (Lipinski definition) is 1. The fraction of sp³-hybridized carbons (Fsp3) is 0. The highest BCUT2D eigenvalue weighted by molar-refractivity contribution is 7.14. The SMILES string of the molecule is O=C(c1cccs1)N(c1ccc2c(c1)NC=CO2)c1nccs1. The van der Waals surface area contributed by atoms with Crippen molar-refractivity contribution in [2.75, 3.05) is 10.2 Å². The molecule has 1 aliphatic heterocycles. The third-order valence-electron chi connectivity index (χ3n) is 3.27. The Morgan fingerprint density at radius 1 is 1.22 bits per heavy atom. The highest BCUT2D eigenvalue weighted by atomic mass is 32.1. The summed E-state index contributed by atoms with van der Waals surface area (Å²) in [6, 6.07) is 9.25. The summed E-state index contributed by atoms with van der Waals surface area (Å²) in [7, 11) is 0. The third kappa shape index (κ3) is 2.60. The van der Waals surface area contributed by atoms with Gasteiger partial charge in [0, 0.05) is 17.8 Å². The van der Waals surface area contributed by atoms with Crippen LogP contribution in [0.15, 0.2) is 59.8 Å². The van der Waals surface area contributed by atoms with Crippen LogP contribution in [0.2, 0.25) is 0 Å². The van der Waals surface area contributed by atoms with Crippen molar-refractivity contribution >= 4 is 45.1 Å². The number of aromatic nitrogens is 1. The standard InChI is InChI=1S/C16H11N3O2S2/c20-15(14-2-1-8-22-14)19(16-18-6-9-23-16)11-3-4-13-12(10-11)17-5-7-21-13/h1-10,17H. The number of carbonyl (C=O) groups is 1. The molecule has 114 valence electrons. The van der Waals surface area contributed by atoms with Gasteiger partial charge in [-0.05, 0) is 29.6 Å². The van der Waals surface area contributed by atoms with Crippen molar-refractivity contribution in [2.45, 2.75) is 0 Å². The number of thiazole rings is 1. The highest BCUT2D eigenvalue weighted by Gasteiger charge is 2.23. The van der Waals surface area contributed by atoms with Crippen LogP contribution in [-0.4, -0.2) is 10.9 Å². The molecule has 0 bridgehead atoms. The maximum absolute atomic E-state index is 12.9. The highest BCUT2D eigenvalue weighted by Crippen LogP contribution is 2.36. The summed E-state index contributed by atoms with van der Waals surface area (Å²) in [5.74, 6) is 0.626. The van der Waals surface area contributed by atoms with Crippen LogP contribution in [0.5, 0.6) is 5.75 Å². The number of nitrogens with one attached hydrogen (secondary N) is 1. The van der Waals surface area contributed by atoms with Crippen LogP contribution in [0.25, 0.3) is 0 Å². The van der Waals surface area contributed by atoms with E-state index in [2.05, 4.69) is 10.3 Å². The molecule has 3 aromatic rings. The van der Waals surface area contributed by atoms with E-state index in [0.29, 0.717) is 10.0 Å². The van der Waals surface area contributed by atoms with Gasteiger partial charge in [-0.15, -0.1) is 22.7 Å². The van der Waals surface area contributed by atoms with Gasteiger partial charge >= 0.3 is 0 Å². The molecular weight excluding hydrogens is 330 g/mol. The summed E-state index contributed by atoms with van der Waals surface area (Å²) < 4.78 is 5.42. The Morgan fingerprint density at radius 3 is 2.96 bits per heavy atom. The average Bonchev–Trinajstić information content (AvgIpc) is 3.29. The topological polar surface area (TPSA) is 54.5 Å². The van der Waals surface area contributed by atoms with Crippen LogP contribution in [-0.2, 0) is 0 Å². The van der Waals surface area contributed by atoms with Gasteiger partial charge in [-0.1, -0.05) is 6.07 Å². The summed E-state index contributed by atoms with van der Waals surface area (Å²) in [6.07, 6.45) is 4.98. The largest absolute Gasteiger partial charge is 0.461 e. The Balaban J connectivity index is 1.79. The first-order chi connectivity index (χ1) is 11.3. The predicted octanol–water partition coefficient (Wildman–Crippen LogP) is 4.46. The fourth-order valence-corrected chi connectivity index (χ4v) is 3.57. The number of amides is 1. The van der Waals surface area contributed by atoms with Crippen LogP contribution in [0.1, 0.15) is 9.67 Å². The maximum atomic E-state index is 12.9. The molecule has 0 spiro atoms. The number of rotatable bonds is 3. The quantitative estimate of drug-likeness (QED) is 0.764. The zero-order valence-electron chi connectivity index (χ0n) is 11.8. The van der Waals surface area contributed by atoms with E-state index in [1.165, 1.54) is 22.7 Å². The Morgan fingerprint density at radius 2 is 2.17 bits per heavy atom. The Kier molecular flexibility index (Phi) is 3.57. The molecule has 1 aromatic carbocycles. The van der Waals surface area contributed by atoms with E-state index in [0.717, 1.165) is 17.1 Å². The summed E-state index contributed by atoms with van der Waals surface area (Å²) in [5.41, 5.74) is 1.55. The Hall–Kier alpha value is -2.64. The first-order valence-corrected chi connectivity index (χ1v) is 8.58. The van der Waals surface area contributed by atoms with Gasteiger partial charge in [0.1, 0.15) is 12.0 Å². The fourth-order valence-electron chi connectivity index (χ4n) is 2.26. The lowest BCUT2D eigenvalue weighted by molar-refractivity contribution is 0.100. The van der Waals surface area contributed by atoms with Crippen LogP contribution < -0.4 is 15.0 Å². The minimum atomic E-state index is -0.0952. The molecule has 0 unspecified atom stereocenters. The minimum absolute atomic E-state index is 0.0952. The number of carbonyl (C=O) groups excluding carboxylic acids is 1.